The molecule has 0 radical (unpaired) electrons. The minimum atomic E-state index is -1.69. The number of aryl methyl sites for hydroxylation is 3. The number of pyridine rings is 1. The lowest BCUT2D eigenvalue weighted by atomic mass is 9.97. The first kappa shape index (κ1) is 29.3. The van der Waals surface area contributed by atoms with Gasteiger partial charge in [0.15, 0.2) is 17.2 Å². The van der Waals surface area contributed by atoms with E-state index < -0.39 is 23.5 Å². The molecule has 1 unspecified atom stereocenters. The van der Waals surface area contributed by atoms with E-state index in [1.165, 1.54) is 11.6 Å². The summed E-state index contributed by atoms with van der Waals surface area (Å²) in [4.78, 5) is 33.0. The molecule has 0 bridgehead atoms. The van der Waals surface area contributed by atoms with Crippen LogP contribution in [0.4, 0.5) is 5.82 Å². The van der Waals surface area contributed by atoms with E-state index in [-0.39, 0.29) is 16.9 Å². The second kappa shape index (κ2) is 11.8. The van der Waals surface area contributed by atoms with Crippen LogP contribution in [-0.4, -0.2) is 46.5 Å². The number of benzene rings is 2. The van der Waals surface area contributed by atoms with Crippen molar-refractivity contribution < 1.29 is 9.35 Å². The largest absolute Gasteiger partial charge is 0.574 e. The number of anilines is 1. The third-order valence-corrected chi connectivity index (χ3v) is 8.77. The first-order valence-corrected chi connectivity index (χ1v) is 15.8. The number of hydrogen-bond acceptors (Lipinski definition) is 8. The van der Waals surface area contributed by atoms with Gasteiger partial charge in [-0.05, 0) is 60.5 Å². The van der Waals surface area contributed by atoms with Gasteiger partial charge in [0.05, 0.1) is 28.9 Å². The number of fused-ring (bicyclic) bond motifs is 1. The van der Waals surface area contributed by atoms with Crippen LogP contribution in [-0.2, 0) is 31.4 Å². The zero-order chi connectivity index (χ0) is 31.9. The molecule has 1 aliphatic carbocycles. The lowest BCUT2D eigenvalue weighted by molar-refractivity contribution is 0.0941. The number of carbonyl (C=O) groups excluding carboxylic acids is 1. The Morgan fingerprint density at radius 3 is 2.67 bits per heavy atom. The van der Waals surface area contributed by atoms with Gasteiger partial charge in [0, 0.05) is 43.9 Å². The van der Waals surface area contributed by atoms with Crippen molar-refractivity contribution in [2.24, 2.45) is 7.05 Å². The van der Waals surface area contributed by atoms with Crippen LogP contribution in [0.5, 0.6) is 0 Å². The van der Waals surface area contributed by atoms with Crippen LogP contribution in [0.25, 0.3) is 22.1 Å². The van der Waals surface area contributed by atoms with Crippen molar-refractivity contribution in [1.82, 2.24) is 39.0 Å². The quantitative estimate of drug-likeness (QED) is 0.180. The highest BCUT2D eigenvalue weighted by atomic mass is 32.2. The Kier molecular flexibility index (Phi) is 7.53. The maximum absolute atomic E-state index is 14.6. The van der Waals surface area contributed by atoms with E-state index in [1.807, 2.05) is 62.6 Å². The van der Waals surface area contributed by atoms with Gasteiger partial charge >= 0.3 is 0 Å². The second-order valence-corrected chi connectivity index (χ2v) is 12.0. The zero-order valence-electron chi connectivity index (χ0n) is 25.2. The Balaban J connectivity index is 1.38. The Labute approximate surface area is 266 Å². The normalized spacial score (nSPS) is 13.4. The summed E-state index contributed by atoms with van der Waals surface area (Å²) in [6.45, 7) is 1.86. The number of para-hydroxylation sites is 1. The molecule has 1 aliphatic rings. The maximum atomic E-state index is 14.6. The van der Waals surface area contributed by atoms with Gasteiger partial charge in [-0.15, -0.1) is 9.82 Å². The van der Waals surface area contributed by atoms with Gasteiger partial charge in [-0.25, -0.2) is 9.50 Å². The summed E-state index contributed by atoms with van der Waals surface area (Å²) >= 11 is -1.69. The molecule has 0 fully saturated rings. The standard InChI is InChI=1S/C33H29N9O3S/c1-20(37-32(43)28-30(39-46(45)34-2)38-41-17-7-16-35-31(28)41)29-25-15-14-22-12-13-23(11-10-21-18-36-40(3)19-21)27(26(22)25)33(44)42(29)24-8-5-4-6-9-24/h4-9,12-13,16-20,34H,14-15H2,1-3H3,(H,37,43)(H,38,39)/t20-,46?/m1/s1. The molecule has 2 aromatic carbocycles. The number of carbonyl (C=O) groups is 1. The molecule has 6 aromatic rings. The predicted octanol–water partition coefficient (Wildman–Crippen LogP) is 2.97. The molecule has 13 heteroatoms. The minimum absolute atomic E-state index is 0.110. The zero-order valence-corrected chi connectivity index (χ0v) is 26.1. The molecule has 0 saturated carbocycles. The van der Waals surface area contributed by atoms with E-state index in [1.54, 1.807) is 33.9 Å². The number of rotatable bonds is 7. The molecule has 4 heterocycles. The summed E-state index contributed by atoms with van der Waals surface area (Å²) in [7, 11) is 3.35. The third-order valence-electron chi connectivity index (χ3n) is 8.02. The van der Waals surface area contributed by atoms with E-state index in [9.17, 15) is 14.1 Å². The Bertz CT molecular complexity index is 2260. The van der Waals surface area contributed by atoms with E-state index in [0.717, 1.165) is 28.5 Å². The lowest BCUT2D eigenvalue weighted by Crippen LogP contribution is -2.34. The number of aromatic nitrogens is 6. The summed E-state index contributed by atoms with van der Waals surface area (Å²) in [6, 6.07) is 14.4. The van der Waals surface area contributed by atoms with Crippen molar-refractivity contribution in [3.63, 3.8) is 0 Å². The van der Waals surface area contributed by atoms with Crippen LogP contribution >= 0.6 is 0 Å². The number of amides is 1. The molecular formula is C33H29N9O3S. The summed E-state index contributed by atoms with van der Waals surface area (Å²) in [5.74, 6) is 6.00. The fraction of sp³-hybridized carbons (Fsp3) is 0.182. The van der Waals surface area contributed by atoms with Gasteiger partial charge in [0.1, 0.15) is 5.56 Å². The molecule has 2 atom stereocenters. The highest BCUT2D eigenvalue weighted by Gasteiger charge is 2.31. The SMILES string of the molecule is CN[S+]([O-])Nc1nn2cccnc2c1C(=O)N[C@H](C)c1c2c3c(ccc(C#Cc4cnn(C)c4)c3c(=O)n1-c1ccccc1)CC2. The van der Waals surface area contributed by atoms with Crippen LogP contribution in [0.3, 0.4) is 0 Å². The van der Waals surface area contributed by atoms with Gasteiger partial charge in [0.25, 0.3) is 11.5 Å². The van der Waals surface area contributed by atoms with E-state index in [2.05, 4.69) is 41.8 Å². The summed E-state index contributed by atoms with van der Waals surface area (Å²) in [6.07, 6.45) is 8.19. The van der Waals surface area contributed by atoms with Crippen LogP contribution < -0.4 is 20.3 Å². The van der Waals surface area contributed by atoms with Gasteiger partial charge in [-0.3, -0.25) is 18.8 Å². The summed E-state index contributed by atoms with van der Waals surface area (Å²) in [5.41, 5.74) is 5.02. The van der Waals surface area contributed by atoms with E-state index >= 15 is 0 Å². The summed E-state index contributed by atoms with van der Waals surface area (Å²) in [5, 5.41) is 13.1. The van der Waals surface area contributed by atoms with Crippen molar-refractivity contribution in [3.05, 3.63) is 117 Å². The predicted molar refractivity (Wildman–Crippen MR) is 176 cm³/mol. The average molecular weight is 632 g/mol. The van der Waals surface area contributed by atoms with Crippen molar-refractivity contribution in [2.75, 3.05) is 11.8 Å². The number of nitrogens with zero attached hydrogens (tertiary/aromatic N) is 6. The van der Waals surface area contributed by atoms with E-state index in [4.69, 9.17) is 0 Å². The van der Waals surface area contributed by atoms with Crippen LogP contribution in [0.2, 0.25) is 0 Å². The molecule has 230 valence electrons. The molecule has 4 aromatic heterocycles. The van der Waals surface area contributed by atoms with Crippen molar-refractivity contribution >= 4 is 39.7 Å². The Morgan fingerprint density at radius 1 is 1.09 bits per heavy atom. The molecular weight excluding hydrogens is 602 g/mol. The first-order chi connectivity index (χ1) is 22.3. The number of hydrogen-bond donors (Lipinski definition) is 3. The van der Waals surface area contributed by atoms with Crippen LogP contribution in [0, 0.1) is 11.8 Å². The lowest BCUT2D eigenvalue weighted by Gasteiger charge is -2.24. The highest BCUT2D eigenvalue weighted by molar-refractivity contribution is 7.90. The highest BCUT2D eigenvalue weighted by Crippen LogP contribution is 2.36. The maximum Gasteiger partial charge on any atom is 0.264 e. The summed E-state index contributed by atoms with van der Waals surface area (Å²) < 4.78 is 22.5. The third kappa shape index (κ3) is 5.08. The molecule has 7 rings (SSSR count). The van der Waals surface area contributed by atoms with E-state index in [0.29, 0.717) is 34.4 Å². The van der Waals surface area contributed by atoms with Crippen LogP contribution in [0.15, 0.2) is 78.1 Å². The first-order valence-electron chi connectivity index (χ1n) is 14.6. The molecule has 0 saturated heterocycles. The molecule has 0 aliphatic heterocycles. The van der Waals surface area contributed by atoms with Gasteiger partial charge in [-0.2, -0.15) is 9.82 Å². The molecule has 3 N–H and O–H groups in total. The molecule has 46 heavy (non-hydrogen) atoms. The molecule has 12 nitrogen and oxygen atoms in total. The molecule has 1 amide bonds. The minimum Gasteiger partial charge on any atom is -0.574 e. The van der Waals surface area contributed by atoms with Crippen molar-refractivity contribution in [2.45, 2.75) is 25.8 Å². The monoisotopic (exact) mass is 631 g/mol. The topological polar surface area (TPSA) is 146 Å². The number of nitrogens with one attached hydrogen (secondary N) is 3. The van der Waals surface area contributed by atoms with Crippen LogP contribution in [0.1, 0.15) is 51.3 Å². The second-order valence-electron chi connectivity index (χ2n) is 10.9. The fourth-order valence-corrected chi connectivity index (χ4v) is 6.50. The average Bonchev–Trinajstić information content (AvgIpc) is 3.78. The van der Waals surface area contributed by atoms with Gasteiger partial charge < -0.3 is 9.87 Å². The van der Waals surface area contributed by atoms with Crippen molar-refractivity contribution in [3.8, 4) is 17.5 Å². The van der Waals surface area contributed by atoms with Gasteiger partial charge in [-0.1, -0.05) is 36.1 Å². The van der Waals surface area contributed by atoms with Crippen molar-refractivity contribution in [1.29, 1.82) is 0 Å². The van der Waals surface area contributed by atoms with Gasteiger partial charge in [0.2, 0.25) is 5.82 Å². The smallest absolute Gasteiger partial charge is 0.264 e. The molecule has 0 spiro atoms. The Hall–Kier alpha value is -5.42. The Morgan fingerprint density at radius 2 is 1.91 bits per heavy atom. The fourth-order valence-electron chi connectivity index (χ4n) is 6.08.